The minimum absolute atomic E-state index is 0.454. The highest BCUT2D eigenvalue weighted by atomic mass is 16.5. The number of primary amides is 1. The molecule has 0 aromatic heterocycles. The largest absolute Gasteiger partial charge is 0.497 e. The van der Waals surface area contributed by atoms with Crippen molar-refractivity contribution in [2.24, 2.45) is 10.7 Å². The number of aliphatic imine (C=N–C) groups is 1. The van der Waals surface area contributed by atoms with E-state index >= 15 is 0 Å². The summed E-state index contributed by atoms with van der Waals surface area (Å²) in [6, 6.07) is 11.0. The number of nitrogens with zero attached hydrogens (tertiary/aromatic N) is 1. The number of carbonyl (C=O) groups excluding carboxylic acids is 1. The third-order valence-electron chi connectivity index (χ3n) is 4.00. The summed E-state index contributed by atoms with van der Waals surface area (Å²) in [7, 11) is 3.24. The fraction of sp³-hybridized carbons (Fsp3) is 0.222. The summed E-state index contributed by atoms with van der Waals surface area (Å²) in [6.45, 7) is 1.06. The molecule has 3 rings (SSSR count). The van der Waals surface area contributed by atoms with Crippen molar-refractivity contribution in [3.63, 3.8) is 0 Å². The van der Waals surface area contributed by atoms with Crippen LogP contribution in [0.1, 0.15) is 21.5 Å². The number of fused-ring (bicyclic) bond motifs is 1. The Balaban J connectivity index is 1.70. The van der Waals surface area contributed by atoms with Crippen LogP contribution in [0.15, 0.2) is 41.4 Å². The van der Waals surface area contributed by atoms with Crippen LogP contribution in [0, 0.1) is 0 Å². The lowest BCUT2D eigenvalue weighted by Crippen LogP contribution is -2.33. The van der Waals surface area contributed by atoms with Gasteiger partial charge in [0.25, 0.3) is 0 Å². The van der Waals surface area contributed by atoms with E-state index in [2.05, 4.69) is 15.6 Å². The van der Waals surface area contributed by atoms with Gasteiger partial charge in [-0.05, 0) is 29.8 Å². The van der Waals surface area contributed by atoms with Crippen LogP contribution in [0.4, 0.5) is 5.69 Å². The van der Waals surface area contributed by atoms with Crippen molar-refractivity contribution in [3.05, 3.63) is 53.1 Å². The van der Waals surface area contributed by atoms with Crippen molar-refractivity contribution < 1.29 is 14.3 Å². The van der Waals surface area contributed by atoms with Crippen molar-refractivity contribution >= 4 is 17.6 Å². The first-order valence-corrected chi connectivity index (χ1v) is 7.79. The van der Waals surface area contributed by atoms with E-state index in [-0.39, 0.29) is 0 Å². The van der Waals surface area contributed by atoms with E-state index in [4.69, 9.17) is 15.2 Å². The maximum atomic E-state index is 11.3. The summed E-state index contributed by atoms with van der Waals surface area (Å²) in [5, 5.41) is 6.43. The maximum Gasteiger partial charge on any atom is 0.248 e. The average Bonchev–Trinajstić information content (AvgIpc) is 2.65. The molecule has 0 bridgehead atoms. The predicted octanol–water partition coefficient (Wildman–Crippen LogP) is 1.87. The Bertz CT molecular complexity index is 833. The number of nitrogens with two attached hydrogens (primary N) is 1. The molecule has 2 aromatic carbocycles. The zero-order chi connectivity index (χ0) is 17.8. The van der Waals surface area contributed by atoms with E-state index in [9.17, 15) is 4.79 Å². The zero-order valence-electron chi connectivity index (χ0n) is 14.1. The lowest BCUT2D eigenvalue weighted by molar-refractivity contribution is 0.100. The Morgan fingerprint density at radius 1 is 1.24 bits per heavy atom. The number of carbonyl (C=O) groups is 1. The van der Waals surface area contributed by atoms with Crippen LogP contribution in [-0.2, 0) is 13.1 Å². The van der Waals surface area contributed by atoms with Crippen molar-refractivity contribution in [1.82, 2.24) is 5.32 Å². The summed E-state index contributed by atoms with van der Waals surface area (Å²) >= 11 is 0. The fourth-order valence-corrected chi connectivity index (χ4v) is 2.59. The summed E-state index contributed by atoms with van der Waals surface area (Å²) in [5.41, 5.74) is 8.61. The van der Waals surface area contributed by atoms with Gasteiger partial charge in [0, 0.05) is 29.4 Å². The molecule has 1 aliphatic rings. The highest BCUT2D eigenvalue weighted by molar-refractivity contribution is 5.99. The van der Waals surface area contributed by atoms with E-state index in [1.165, 1.54) is 0 Å². The monoisotopic (exact) mass is 340 g/mol. The third kappa shape index (κ3) is 3.65. The second-order valence-electron chi connectivity index (χ2n) is 5.56. The van der Waals surface area contributed by atoms with Crippen molar-refractivity contribution in [1.29, 1.82) is 0 Å². The van der Waals surface area contributed by atoms with Gasteiger partial charge in [-0.1, -0.05) is 6.07 Å². The number of rotatable bonds is 5. The molecule has 0 spiro atoms. The molecule has 4 N–H and O–H groups in total. The Hall–Kier alpha value is -3.22. The van der Waals surface area contributed by atoms with Gasteiger partial charge in [-0.2, -0.15) is 0 Å². The molecule has 0 radical (unpaired) electrons. The van der Waals surface area contributed by atoms with Gasteiger partial charge in [-0.25, -0.2) is 4.99 Å². The molecule has 0 atom stereocenters. The number of ether oxygens (including phenoxy) is 2. The van der Waals surface area contributed by atoms with E-state index in [0.29, 0.717) is 24.6 Å². The van der Waals surface area contributed by atoms with Gasteiger partial charge in [-0.3, -0.25) is 4.79 Å². The summed E-state index contributed by atoms with van der Waals surface area (Å²) in [5.74, 6) is 1.65. The van der Waals surface area contributed by atoms with E-state index in [0.717, 1.165) is 28.3 Å². The topological polar surface area (TPSA) is 98.0 Å². The minimum Gasteiger partial charge on any atom is -0.497 e. The molecule has 130 valence electrons. The molecule has 0 aliphatic carbocycles. The van der Waals surface area contributed by atoms with E-state index in [1.807, 2.05) is 24.3 Å². The van der Waals surface area contributed by atoms with E-state index in [1.54, 1.807) is 26.4 Å². The number of anilines is 1. The average molecular weight is 340 g/mol. The molecule has 0 saturated carbocycles. The van der Waals surface area contributed by atoms with Crippen LogP contribution in [-0.4, -0.2) is 26.1 Å². The quantitative estimate of drug-likeness (QED) is 0.772. The molecule has 25 heavy (non-hydrogen) atoms. The van der Waals surface area contributed by atoms with Crippen molar-refractivity contribution in [3.8, 4) is 11.5 Å². The summed E-state index contributed by atoms with van der Waals surface area (Å²) in [6.07, 6.45) is 0. The van der Waals surface area contributed by atoms with Crippen molar-refractivity contribution in [2.75, 3.05) is 19.5 Å². The number of methoxy groups -OCH3 is 2. The second-order valence-corrected chi connectivity index (χ2v) is 5.56. The second kappa shape index (κ2) is 7.12. The molecular formula is C18H20N4O3. The van der Waals surface area contributed by atoms with Crippen LogP contribution < -0.4 is 25.8 Å². The highest BCUT2D eigenvalue weighted by Crippen LogP contribution is 2.25. The first kappa shape index (κ1) is 16.6. The lowest BCUT2D eigenvalue weighted by atomic mass is 10.1. The van der Waals surface area contributed by atoms with Crippen LogP contribution in [0.25, 0.3) is 0 Å². The molecule has 7 nitrogen and oxygen atoms in total. The van der Waals surface area contributed by atoms with Crippen LogP contribution in [0.3, 0.4) is 0 Å². The molecule has 0 saturated heterocycles. The van der Waals surface area contributed by atoms with Gasteiger partial charge in [0.1, 0.15) is 11.5 Å². The third-order valence-corrected chi connectivity index (χ3v) is 4.00. The smallest absolute Gasteiger partial charge is 0.248 e. The molecular weight excluding hydrogens is 320 g/mol. The fourth-order valence-electron chi connectivity index (χ4n) is 2.59. The number of hydrogen-bond donors (Lipinski definition) is 3. The first-order valence-electron chi connectivity index (χ1n) is 7.79. The molecule has 1 amide bonds. The van der Waals surface area contributed by atoms with Gasteiger partial charge < -0.3 is 25.8 Å². The lowest BCUT2D eigenvalue weighted by Gasteiger charge is -2.20. The molecule has 2 aromatic rings. The van der Waals surface area contributed by atoms with Crippen LogP contribution in [0.2, 0.25) is 0 Å². The molecule has 0 fully saturated rings. The van der Waals surface area contributed by atoms with Gasteiger partial charge in [-0.15, -0.1) is 0 Å². The highest BCUT2D eigenvalue weighted by Gasteiger charge is 2.14. The van der Waals surface area contributed by atoms with Crippen molar-refractivity contribution in [2.45, 2.75) is 13.1 Å². The van der Waals surface area contributed by atoms with Gasteiger partial charge >= 0.3 is 0 Å². The Morgan fingerprint density at radius 3 is 2.80 bits per heavy atom. The minimum atomic E-state index is -0.454. The van der Waals surface area contributed by atoms with Crippen LogP contribution >= 0.6 is 0 Å². The predicted molar refractivity (Wildman–Crippen MR) is 96.1 cm³/mol. The SMILES string of the molecule is COc1ccc(CNC2=NCc3ccc(C(N)=O)cc3N2)c(OC)c1. The normalized spacial score (nSPS) is 12.5. The van der Waals surface area contributed by atoms with Crippen LogP contribution in [0.5, 0.6) is 11.5 Å². The Kier molecular flexibility index (Phi) is 4.74. The molecule has 0 unspecified atom stereocenters. The number of nitrogens with one attached hydrogen (secondary N) is 2. The van der Waals surface area contributed by atoms with Gasteiger partial charge in [0.15, 0.2) is 5.96 Å². The van der Waals surface area contributed by atoms with Gasteiger partial charge in [0.05, 0.1) is 20.8 Å². The summed E-state index contributed by atoms with van der Waals surface area (Å²) < 4.78 is 10.6. The maximum absolute atomic E-state index is 11.3. The van der Waals surface area contributed by atoms with Gasteiger partial charge in [0.2, 0.25) is 5.91 Å². The Labute approximate surface area is 145 Å². The molecule has 1 heterocycles. The van der Waals surface area contributed by atoms with E-state index < -0.39 is 5.91 Å². The number of hydrogen-bond acceptors (Lipinski definition) is 6. The zero-order valence-corrected chi connectivity index (χ0v) is 14.1. The number of guanidine groups is 1. The Morgan fingerprint density at radius 2 is 2.08 bits per heavy atom. The number of amides is 1. The summed E-state index contributed by atoms with van der Waals surface area (Å²) in [4.78, 5) is 15.8. The first-order chi connectivity index (χ1) is 12.1. The molecule has 1 aliphatic heterocycles. The molecule has 7 heteroatoms. The number of benzene rings is 2. The standard InChI is InChI=1S/C18H20N4O3/c1-24-14-6-5-13(16(8-14)25-2)10-21-18-20-9-12-4-3-11(17(19)23)7-15(12)22-18/h3-8H,9-10H2,1-2H3,(H2,19,23)(H2,20,21,22).